The second-order valence-electron chi connectivity index (χ2n) is 6.19. The molecule has 0 aromatic heterocycles. The van der Waals surface area contributed by atoms with E-state index in [0.717, 1.165) is 5.92 Å². The average Bonchev–Trinajstić information content (AvgIpc) is 2.56. The zero-order chi connectivity index (χ0) is 12.9. The number of rotatable bonds is 6. The number of halogens is 1. The van der Waals surface area contributed by atoms with Crippen molar-refractivity contribution < 1.29 is 4.43 Å². The number of hydrogen-bond acceptors (Lipinski definition) is 1. The Kier molecular flexibility index (Phi) is 6.20. The maximum Gasteiger partial charge on any atom is 0.184 e. The molecule has 1 aliphatic carbocycles. The normalized spacial score (nSPS) is 30.3. The summed E-state index contributed by atoms with van der Waals surface area (Å²) in [7, 11) is -1.47. The predicted octanol–water partition coefficient (Wildman–Crippen LogP) is 5.52. The molecule has 17 heavy (non-hydrogen) atoms. The highest BCUT2D eigenvalue weighted by Crippen LogP contribution is 2.44. The summed E-state index contributed by atoms with van der Waals surface area (Å²) in [5.74, 6) is 0.750. The zero-order valence-electron chi connectivity index (χ0n) is 11.8. The van der Waals surface area contributed by atoms with E-state index in [-0.39, 0.29) is 5.60 Å². The molecule has 3 heteroatoms. The summed E-state index contributed by atoms with van der Waals surface area (Å²) in [6.45, 7) is 9.21. The lowest BCUT2D eigenvalue weighted by molar-refractivity contribution is 0.0655. The van der Waals surface area contributed by atoms with Crippen molar-refractivity contribution >= 4 is 30.9 Å². The van der Waals surface area contributed by atoms with Gasteiger partial charge in [0.25, 0.3) is 0 Å². The van der Waals surface area contributed by atoms with Crippen molar-refractivity contribution in [1.82, 2.24) is 0 Å². The summed E-state index contributed by atoms with van der Waals surface area (Å²) in [5, 5.41) is 0. The van der Waals surface area contributed by atoms with Crippen molar-refractivity contribution in [2.75, 3.05) is 0 Å². The molecule has 0 radical (unpaired) electrons. The zero-order valence-corrected chi connectivity index (χ0v) is 14.9. The average molecular weight is 366 g/mol. The van der Waals surface area contributed by atoms with E-state index in [2.05, 4.69) is 59.3 Å². The van der Waals surface area contributed by atoms with Crippen LogP contribution in [-0.4, -0.2) is 13.9 Å². The minimum absolute atomic E-state index is 0.0703. The third-order valence-corrected chi connectivity index (χ3v) is 4.91. The lowest BCUT2D eigenvalue weighted by Crippen LogP contribution is -2.44. The molecule has 0 N–H and O–H groups in total. The summed E-state index contributed by atoms with van der Waals surface area (Å²) in [6, 6.07) is 0. The topological polar surface area (TPSA) is 9.23 Å². The molecule has 1 nitrogen and oxygen atoms in total. The van der Waals surface area contributed by atoms with Crippen molar-refractivity contribution in [3.05, 3.63) is 10.2 Å². The quantitative estimate of drug-likeness (QED) is 0.445. The molecule has 0 aromatic carbocycles. The Morgan fingerprint density at radius 3 is 2.65 bits per heavy atom. The van der Waals surface area contributed by atoms with Gasteiger partial charge in [-0.1, -0.05) is 42.4 Å². The fraction of sp³-hybridized carbons (Fsp3) is 0.857. The monoisotopic (exact) mass is 366 g/mol. The van der Waals surface area contributed by atoms with E-state index >= 15 is 0 Å². The Morgan fingerprint density at radius 2 is 2.12 bits per heavy atom. The van der Waals surface area contributed by atoms with Crippen LogP contribution in [0.2, 0.25) is 19.6 Å². The first-order valence-electron chi connectivity index (χ1n) is 6.91. The molecule has 0 amide bonds. The highest BCUT2D eigenvalue weighted by molar-refractivity contribution is 14.1. The van der Waals surface area contributed by atoms with Gasteiger partial charge in [-0.05, 0) is 61.4 Å². The van der Waals surface area contributed by atoms with E-state index in [1.54, 1.807) is 0 Å². The summed E-state index contributed by atoms with van der Waals surface area (Å²) >= 11 is 2.34. The largest absolute Gasteiger partial charge is 0.408 e. The van der Waals surface area contributed by atoms with Gasteiger partial charge in [0.15, 0.2) is 8.32 Å². The fourth-order valence-corrected chi connectivity index (χ4v) is 5.06. The lowest BCUT2D eigenvalue weighted by atomic mass is 9.87. The molecule has 0 spiro atoms. The van der Waals surface area contributed by atoms with Crippen LogP contribution in [0.15, 0.2) is 10.2 Å². The van der Waals surface area contributed by atoms with Gasteiger partial charge >= 0.3 is 0 Å². The van der Waals surface area contributed by atoms with Crippen LogP contribution in [0.5, 0.6) is 0 Å². The van der Waals surface area contributed by atoms with E-state index in [1.807, 2.05) is 0 Å². The van der Waals surface area contributed by atoms with Crippen molar-refractivity contribution in [1.29, 1.82) is 0 Å². The first-order chi connectivity index (χ1) is 7.93. The van der Waals surface area contributed by atoms with Gasteiger partial charge in [0, 0.05) is 0 Å². The molecule has 0 bridgehead atoms. The molecule has 0 aliphatic heterocycles. The lowest BCUT2D eigenvalue weighted by Gasteiger charge is -2.38. The Balaban J connectivity index is 2.81. The standard InChI is InChI=1S/C14H27IOSi/c1-5-6-8-13-9-7-10-14(13,11-12-15)16-17(2,3)4/h11-13H,5-10H2,1-4H3. The van der Waals surface area contributed by atoms with Gasteiger partial charge in [-0.3, -0.25) is 0 Å². The molecular weight excluding hydrogens is 339 g/mol. The Labute approximate surface area is 122 Å². The molecule has 0 aromatic rings. The number of hydrogen-bond donors (Lipinski definition) is 0. The summed E-state index contributed by atoms with van der Waals surface area (Å²) < 4.78 is 8.75. The van der Waals surface area contributed by atoms with Gasteiger partial charge in [0.1, 0.15) is 0 Å². The van der Waals surface area contributed by atoms with Crippen LogP contribution < -0.4 is 0 Å². The van der Waals surface area contributed by atoms with Gasteiger partial charge in [0.05, 0.1) is 5.60 Å². The molecule has 1 aliphatic rings. The van der Waals surface area contributed by atoms with Gasteiger partial charge in [-0.25, -0.2) is 0 Å². The molecule has 1 fully saturated rings. The van der Waals surface area contributed by atoms with Crippen molar-refractivity contribution in [2.24, 2.45) is 5.92 Å². The Bertz CT molecular complexity index is 259. The van der Waals surface area contributed by atoms with Crippen LogP contribution in [0.25, 0.3) is 0 Å². The molecule has 0 heterocycles. The smallest absolute Gasteiger partial charge is 0.184 e. The highest BCUT2D eigenvalue weighted by atomic mass is 127. The first-order valence-corrected chi connectivity index (χ1v) is 11.6. The minimum atomic E-state index is -1.47. The second kappa shape index (κ2) is 6.71. The molecule has 100 valence electrons. The third kappa shape index (κ3) is 4.67. The Hall–Kier alpha value is 0.647. The third-order valence-electron chi connectivity index (χ3n) is 3.56. The SMILES string of the molecule is CCCCC1CCCC1(C=CI)O[Si](C)(C)C. The maximum atomic E-state index is 6.58. The van der Waals surface area contributed by atoms with Crippen LogP contribution in [0.3, 0.4) is 0 Å². The van der Waals surface area contributed by atoms with Gasteiger partial charge in [0.2, 0.25) is 0 Å². The van der Waals surface area contributed by atoms with Crippen LogP contribution in [0.1, 0.15) is 45.4 Å². The Morgan fingerprint density at radius 1 is 1.41 bits per heavy atom. The maximum absolute atomic E-state index is 6.58. The van der Waals surface area contributed by atoms with Crippen LogP contribution >= 0.6 is 22.6 Å². The van der Waals surface area contributed by atoms with Gasteiger partial charge < -0.3 is 4.43 Å². The van der Waals surface area contributed by atoms with E-state index in [4.69, 9.17) is 4.43 Å². The van der Waals surface area contributed by atoms with Crippen molar-refractivity contribution in [3.63, 3.8) is 0 Å². The molecule has 2 atom stereocenters. The van der Waals surface area contributed by atoms with Gasteiger partial charge in [-0.15, -0.1) is 0 Å². The molecule has 0 saturated heterocycles. The molecule has 1 rings (SSSR count). The number of unbranched alkanes of at least 4 members (excludes halogenated alkanes) is 1. The van der Waals surface area contributed by atoms with Crippen LogP contribution in [-0.2, 0) is 4.43 Å². The van der Waals surface area contributed by atoms with E-state index in [0.29, 0.717) is 0 Å². The molecule has 2 unspecified atom stereocenters. The first kappa shape index (κ1) is 15.7. The molecule has 1 saturated carbocycles. The van der Waals surface area contributed by atoms with Crippen molar-refractivity contribution in [3.8, 4) is 0 Å². The van der Waals surface area contributed by atoms with Crippen molar-refractivity contribution in [2.45, 2.75) is 70.7 Å². The predicted molar refractivity (Wildman–Crippen MR) is 87.2 cm³/mol. The highest BCUT2D eigenvalue weighted by Gasteiger charge is 2.43. The second-order valence-corrected chi connectivity index (χ2v) is 11.3. The molecular formula is C14H27IOSi. The van der Waals surface area contributed by atoms with Crippen LogP contribution in [0, 0.1) is 5.92 Å². The van der Waals surface area contributed by atoms with E-state index in [9.17, 15) is 0 Å². The van der Waals surface area contributed by atoms with Crippen LogP contribution in [0.4, 0.5) is 0 Å². The summed E-state index contributed by atoms with van der Waals surface area (Å²) in [4.78, 5) is 0. The van der Waals surface area contributed by atoms with E-state index < -0.39 is 8.32 Å². The summed E-state index contributed by atoms with van der Waals surface area (Å²) in [5.41, 5.74) is 0.0703. The minimum Gasteiger partial charge on any atom is -0.408 e. The van der Waals surface area contributed by atoms with E-state index in [1.165, 1.54) is 38.5 Å². The fourth-order valence-electron chi connectivity index (χ4n) is 2.98. The van der Waals surface area contributed by atoms with Gasteiger partial charge in [-0.2, -0.15) is 0 Å². The summed E-state index contributed by atoms with van der Waals surface area (Å²) in [6.07, 6.45) is 10.2.